The summed E-state index contributed by atoms with van der Waals surface area (Å²) in [4.78, 5) is 15.7. The second kappa shape index (κ2) is 6.75. The number of hydrogen-bond acceptors (Lipinski definition) is 3. The Balaban J connectivity index is 1.65. The average molecular weight is 305 g/mol. The first-order chi connectivity index (χ1) is 10.3. The van der Waals surface area contributed by atoms with E-state index in [9.17, 15) is 9.90 Å². The number of carbonyl (C=O) groups excluding carboxylic acids is 1. The van der Waals surface area contributed by atoms with Gasteiger partial charge in [-0.15, -0.1) is 11.3 Å². The molecule has 1 fully saturated rings. The summed E-state index contributed by atoms with van der Waals surface area (Å²) in [6.45, 7) is 0.845. The largest absolute Gasteiger partial charge is 0.387 e. The summed E-state index contributed by atoms with van der Waals surface area (Å²) >= 11 is 1.59. The van der Waals surface area contributed by atoms with Gasteiger partial charge in [-0.05, 0) is 56.4 Å². The molecule has 0 radical (unpaired) electrons. The second-order valence-electron chi connectivity index (χ2n) is 6.04. The highest BCUT2D eigenvalue weighted by Crippen LogP contribution is 2.31. The van der Waals surface area contributed by atoms with Gasteiger partial charge in [0.05, 0.1) is 6.10 Å². The molecule has 1 N–H and O–H groups in total. The molecule has 2 heterocycles. The van der Waals surface area contributed by atoms with Crippen molar-refractivity contribution in [3.05, 3.63) is 34.0 Å². The SMILES string of the molecule is O=C(C1=CCCCC1)N1CCC[C@@H]1C[C@@H](O)c1cccs1. The average Bonchev–Trinajstić information content (AvgIpc) is 3.19. The van der Waals surface area contributed by atoms with Gasteiger partial charge in [0, 0.05) is 23.0 Å². The predicted molar refractivity (Wildman–Crippen MR) is 85.2 cm³/mol. The lowest BCUT2D eigenvalue weighted by Gasteiger charge is -2.28. The number of hydrogen-bond donors (Lipinski definition) is 1. The normalized spacial score (nSPS) is 24.0. The Labute approximate surface area is 130 Å². The first kappa shape index (κ1) is 14.8. The van der Waals surface area contributed by atoms with Crippen molar-refractivity contribution in [1.29, 1.82) is 0 Å². The molecule has 1 aromatic heterocycles. The van der Waals surface area contributed by atoms with E-state index in [-0.39, 0.29) is 11.9 Å². The molecule has 1 aliphatic heterocycles. The molecule has 4 heteroatoms. The van der Waals surface area contributed by atoms with E-state index in [4.69, 9.17) is 0 Å². The van der Waals surface area contributed by atoms with Gasteiger partial charge in [0.15, 0.2) is 0 Å². The predicted octanol–water partition coefficient (Wildman–Crippen LogP) is 3.66. The number of nitrogens with zero attached hydrogens (tertiary/aromatic N) is 1. The molecule has 0 bridgehead atoms. The van der Waals surface area contributed by atoms with Crippen LogP contribution < -0.4 is 0 Å². The van der Waals surface area contributed by atoms with E-state index in [0.717, 1.165) is 49.1 Å². The number of amides is 1. The van der Waals surface area contributed by atoms with Crippen LogP contribution in [0.15, 0.2) is 29.2 Å². The van der Waals surface area contributed by atoms with Crippen LogP contribution in [0.4, 0.5) is 0 Å². The molecular formula is C17H23NO2S. The van der Waals surface area contributed by atoms with Crippen molar-refractivity contribution in [2.75, 3.05) is 6.54 Å². The number of aliphatic hydroxyl groups excluding tert-OH is 1. The summed E-state index contributed by atoms with van der Waals surface area (Å²) in [5.41, 5.74) is 0.999. The number of allylic oxidation sites excluding steroid dienone is 1. The zero-order chi connectivity index (χ0) is 14.7. The standard InChI is InChI=1S/C17H23NO2S/c19-15(16-9-5-11-21-16)12-14-8-4-10-18(14)17(20)13-6-2-1-3-7-13/h5-6,9,11,14-15,19H,1-4,7-8,10,12H2/t14-,15-/m1/s1. The zero-order valence-corrected chi connectivity index (χ0v) is 13.1. The molecule has 1 aliphatic carbocycles. The molecule has 0 unspecified atom stereocenters. The lowest BCUT2D eigenvalue weighted by atomic mass is 9.98. The maximum Gasteiger partial charge on any atom is 0.249 e. The van der Waals surface area contributed by atoms with Crippen molar-refractivity contribution in [2.45, 2.75) is 57.1 Å². The lowest BCUT2D eigenvalue weighted by Crippen LogP contribution is -2.37. The van der Waals surface area contributed by atoms with Crippen LogP contribution >= 0.6 is 11.3 Å². The first-order valence-electron chi connectivity index (χ1n) is 7.97. The van der Waals surface area contributed by atoms with E-state index >= 15 is 0 Å². The highest BCUT2D eigenvalue weighted by atomic mass is 32.1. The van der Waals surface area contributed by atoms with Gasteiger partial charge in [0.2, 0.25) is 5.91 Å². The van der Waals surface area contributed by atoms with Crippen LogP contribution in [-0.4, -0.2) is 28.5 Å². The van der Waals surface area contributed by atoms with Gasteiger partial charge in [0.1, 0.15) is 0 Å². The minimum atomic E-state index is -0.441. The number of likely N-dealkylation sites (tertiary alicyclic amines) is 1. The minimum absolute atomic E-state index is 0.192. The molecule has 2 atom stereocenters. The van der Waals surface area contributed by atoms with E-state index in [1.54, 1.807) is 11.3 Å². The van der Waals surface area contributed by atoms with Crippen LogP contribution in [0.5, 0.6) is 0 Å². The van der Waals surface area contributed by atoms with Crippen molar-refractivity contribution >= 4 is 17.2 Å². The molecule has 1 aromatic rings. The van der Waals surface area contributed by atoms with Gasteiger partial charge in [-0.25, -0.2) is 0 Å². The van der Waals surface area contributed by atoms with E-state index in [1.807, 2.05) is 22.4 Å². The van der Waals surface area contributed by atoms with E-state index < -0.39 is 6.10 Å². The second-order valence-corrected chi connectivity index (χ2v) is 7.02. The van der Waals surface area contributed by atoms with Gasteiger partial charge in [-0.2, -0.15) is 0 Å². The van der Waals surface area contributed by atoms with Crippen LogP contribution in [0.25, 0.3) is 0 Å². The van der Waals surface area contributed by atoms with E-state index in [2.05, 4.69) is 6.08 Å². The van der Waals surface area contributed by atoms with Crippen molar-refractivity contribution in [2.24, 2.45) is 0 Å². The molecule has 3 nitrogen and oxygen atoms in total. The fraction of sp³-hybridized carbons (Fsp3) is 0.588. The van der Waals surface area contributed by atoms with Crippen LogP contribution in [0.3, 0.4) is 0 Å². The smallest absolute Gasteiger partial charge is 0.249 e. The van der Waals surface area contributed by atoms with E-state index in [1.165, 1.54) is 6.42 Å². The molecule has 0 spiro atoms. The highest BCUT2D eigenvalue weighted by Gasteiger charge is 2.32. The Kier molecular flexibility index (Phi) is 4.76. The third-order valence-electron chi connectivity index (χ3n) is 4.57. The van der Waals surface area contributed by atoms with Gasteiger partial charge in [-0.3, -0.25) is 4.79 Å². The maximum atomic E-state index is 12.7. The molecule has 1 amide bonds. The Morgan fingerprint density at radius 3 is 3.05 bits per heavy atom. The fourth-order valence-corrected chi connectivity index (χ4v) is 4.14. The first-order valence-corrected chi connectivity index (χ1v) is 8.85. The lowest BCUT2D eigenvalue weighted by molar-refractivity contribution is -0.128. The highest BCUT2D eigenvalue weighted by molar-refractivity contribution is 7.10. The van der Waals surface area contributed by atoms with Gasteiger partial charge in [0.25, 0.3) is 0 Å². The number of aliphatic hydroxyl groups is 1. The monoisotopic (exact) mass is 305 g/mol. The topological polar surface area (TPSA) is 40.5 Å². The van der Waals surface area contributed by atoms with Crippen LogP contribution in [0.2, 0.25) is 0 Å². The van der Waals surface area contributed by atoms with Gasteiger partial charge < -0.3 is 10.0 Å². The summed E-state index contributed by atoms with van der Waals surface area (Å²) in [6, 6.07) is 4.13. The van der Waals surface area contributed by atoms with Crippen LogP contribution in [0.1, 0.15) is 55.9 Å². The van der Waals surface area contributed by atoms with E-state index in [0.29, 0.717) is 6.42 Å². The summed E-state index contributed by atoms with van der Waals surface area (Å²) in [7, 11) is 0. The Morgan fingerprint density at radius 2 is 2.33 bits per heavy atom. The third-order valence-corrected chi connectivity index (χ3v) is 5.54. The van der Waals surface area contributed by atoms with Crippen molar-refractivity contribution in [3.63, 3.8) is 0 Å². The molecule has 114 valence electrons. The fourth-order valence-electron chi connectivity index (χ4n) is 3.42. The minimum Gasteiger partial charge on any atom is -0.387 e. The Hall–Kier alpha value is -1.13. The van der Waals surface area contributed by atoms with Gasteiger partial charge >= 0.3 is 0 Å². The molecule has 21 heavy (non-hydrogen) atoms. The zero-order valence-electron chi connectivity index (χ0n) is 12.3. The summed E-state index contributed by atoms with van der Waals surface area (Å²) in [5.74, 6) is 0.218. The van der Waals surface area contributed by atoms with Crippen molar-refractivity contribution in [1.82, 2.24) is 4.90 Å². The molecular weight excluding hydrogens is 282 g/mol. The molecule has 1 saturated heterocycles. The van der Waals surface area contributed by atoms with Crippen molar-refractivity contribution < 1.29 is 9.90 Å². The number of rotatable bonds is 4. The molecule has 0 saturated carbocycles. The molecule has 3 rings (SSSR count). The summed E-state index contributed by atoms with van der Waals surface area (Å²) < 4.78 is 0. The number of thiophene rings is 1. The van der Waals surface area contributed by atoms with Crippen LogP contribution in [0, 0.1) is 0 Å². The summed E-state index contributed by atoms with van der Waals surface area (Å²) in [6.07, 6.45) is 8.72. The van der Waals surface area contributed by atoms with Crippen molar-refractivity contribution in [3.8, 4) is 0 Å². The maximum absolute atomic E-state index is 12.7. The Bertz CT molecular complexity index is 509. The van der Waals surface area contributed by atoms with Crippen LogP contribution in [-0.2, 0) is 4.79 Å². The quantitative estimate of drug-likeness (QED) is 0.922. The number of carbonyl (C=O) groups is 1. The third kappa shape index (κ3) is 3.38. The Morgan fingerprint density at radius 1 is 1.43 bits per heavy atom. The molecule has 0 aromatic carbocycles. The molecule has 2 aliphatic rings. The van der Waals surface area contributed by atoms with Gasteiger partial charge in [-0.1, -0.05) is 12.1 Å². The summed E-state index contributed by atoms with van der Waals surface area (Å²) in [5, 5.41) is 12.3.